The van der Waals surface area contributed by atoms with Crippen molar-refractivity contribution < 1.29 is 19.1 Å². The summed E-state index contributed by atoms with van der Waals surface area (Å²) >= 11 is 1.31. The van der Waals surface area contributed by atoms with Gasteiger partial charge < -0.3 is 9.47 Å². The van der Waals surface area contributed by atoms with Crippen molar-refractivity contribution >= 4 is 23.2 Å². The first-order valence-corrected chi connectivity index (χ1v) is 10.6. The van der Waals surface area contributed by atoms with E-state index in [2.05, 4.69) is 15.8 Å². The first-order valence-electron chi connectivity index (χ1n) is 9.83. The first kappa shape index (κ1) is 22.3. The number of nitrogens with one attached hydrogen (secondary N) is 2. The van der Waals surface area contributed by atoms with E-state index in [9.17, 15) is 9.59 Å². The number of nitrogens with zero attached hydrogens (tertiary/aromatic N) is 1. The summed E-state index contributed by atoms with van der Waals surface area (Å²) in [7, 11) is 1.51. The molecule has 7 nitrogen and oxygen atoms in total. The van der Waals surface area contributed by atoms with Gasteiger partial charge in [0, 0.05) is 12.0 Å². The SMILES string of the molecule is COc1cc(C(=O)NNC(=O)c2sc(Cc3ccccc3)nc2C)ccc1OC(C)C. The summed E-state index contributed by atoms with van der Waals surface area (Å²) in [6, 6.07) is 14.8. The van der Waals surface area contributed by atoms with Gasteiger partial charge in [0.05, 0.1) is 23.9 Å². The van der Waals surface area contributed by atoms with E-state index in [4.69, 9.17) is 9.47 Å². The topological polar surface area (TPSA) is 89.6 Å². The van der Waals surface area contributed by atoms with E-state index in [0.717, 1.165) is 10.6 Å². The lowest BCUT2D eigenvalue weighted by molar-refractivity contribution is 0.0848. The van der Waals surface area contributed by atoms with Gasteiger partial charge in [-0.15, -0.1) is 11.3 Å². The lowest BCUT2D eigenvalue weighted by Crippen LogP contribution is -2.41. The quantitative estimate of drug-likeness (QED) is 0.545. The molecule has 1 aromatic heterocycles. The fourth-order valence-corrected chi connectivity index (χ4v) is 3.91. The molecular formula is C23H25N3O4S. The van der Waals surface area contributed by atoms with E-state index < -0.39 is 11.8 Å². The molecule has 0 saturated heterocycles. The van der Waals surface area contributed by atoms with E-state index in [0.29, 0.717) is 34.1 Å². The number of rotatable bonds is 7. The fourth-order valence-electron chi connectivity index (χ4n) is 2.91. The normalized spacial score (nSPS) is 10.6. The molecule has 0 aliphatic carbocycles. The molecule has 0 saturated carbocycles. The van der Waals surface area contributed by atoms with E-state index in [1.54, 1.807) is 25.1 Å². The Morgan fingerprint density at radius 3 is 2.42 bits per heavy atom. The number of aromatic nitrogens is 1. The van der Waals surface area contributed by atoms with Crippen LogP contribution in [0.1, 0.15) is 50.1 Å². The van der Waals surface area contributed by atoms with Gasteiger partial charge in [-0.3, -0.25) is 20.4 Å². The minimum atomic E-state index is -0.463. The number of carbonyl (C=O) groups is 2. The number of hydrogen-bond donors (Lipinski definition) is 2. The summed E-state index contributed by atoms with van der Waals surface area (Å²) in [5.74, 6) is 0.115. The van der Waals surface area contributed by atoms with Gasteiger partial charge >= 0.3 is 0 Å². The molecule has 2 aromatic carbocycles. The summed E-state index contributed by atoms with van der Waals surface area (Å²) in [5.41, 5.74) is 6.98. The van der Waals surface area contributed by atoms with Gasteiger partial charge in [0.25, 0.3) is 11.8 Å². The molecule has 0 aliphatic rings. The van der Waals surface area contributed by atoms with Crippen molar-refractivity contribution in [3.05, 3.63) is 75.2 Å². The van der Waals surface area contributed by atoms with Crippen LogP contribution in [0.3, 0.4) is 0 Å². The minimum Gasteiger partial charge on any atom is -0.493 e. The van der Waals surface area contributed by atoms with Crippen LogP contribution in [-0.2, 0) is 6.42 Å². The zero-order valence-corrected chi connectivity index (χ0v) is 18.7. The Labute approximate surface area is 185 Å². The molecule has 8 heteroatoms. The third-order valence-electron chi connectivity index (χ3n) is 4.32. The van der Waals surface area contributed by atoms with E-state index in [1.165, 1.54) is 18.4 Å². The molecule has 0 atom stereocenters. The molecule has 0 bridgehead atoms. The summed E-state index contributed by atoms with van der Waals surface area (Å²) < 4.78 is 11.0. The van der Waals surface area contributed by atoms with E-state index in [1.807, 2.05) is 44.2 Å². The van der Waals surface area contributed by atoms with Gasteiger partial charge in [-0.1, -0.05) is 30.3 Å². The highest BCUT2D eigenvalue weighted by Crippen LogP contribution is 2.29. The van der Waals surface area contributed by atoms with Crippen molar-refractivity contribution in [3.8, 4) is 11.5 Å². The standard InChI is InChI=1S/C23H25N3O4S/c1-14(2)30-18-11-10-17(13-19(18)29-4)22(27)25-26-23(28)21-15(3)24-20(31-21)12-16-8-6-5-7-9-16/h5-11,13-14H,12H2,1-4H3,(H,25,27)(H,26,28). The van der Waals surface area contributed by atoms with Gasteiger partial charge in [0.2, 0.25) is 0 Å². The molecule has 162 valence electrons. The Morgan fingerprint density at radius 1 is 1.03 bits per heavy atom. The van der Waals surface area contributed by atoms with Crippen molar-refractivity contribution in [2.24, 2.45) is 0 Å². The Balaban J connectivity index is 1.63. The molecular weight excluding hydrogens is 414 g/mol. The van der Waals surface area contributed by atoms with Gasteiger partial charge in [0.15, 0.2) is 11.5 Å². The number of hydrogen-bond acceptors (Lipinski definition) is 6. The lowest BCUT2D eigenvalue weighted by atomic mass is 10.2. The number of carbonyl (C=O) groups excluding carboxylic acids is 2. The molecule has 0 unspecified atom stereocenters. The molecule has 0 radical (unpaired) electrons. The van der Waals surface area contributed by atoms with Crippen LogP contribution in [0.2, 0.25) is 0 Å². The highest BCUT2D eigenvalue weighted by Gasteiger charge is 2.17. The Bertz CT molecular complexity index is 1060. The number of aryl methyl sites for hydroxylation is 1. The van der Waals surface area contributed by atoms with E-state index >= 15 is 0 Å². The molecule has 0 fully saturated rings. The number of methoxy groups -OCH3 is 1. The second-order valence-electron chi connectivity index (χ2n) is 7.13. The lowest BCUT2D eigenvalue weighted by Gasteiger charge is -2.14. The Kier molecular flexibility index (Phi) is 7.25. The third-order valence-corrected chi connectivity index (χ3v) is 5.48. The second kappa shape index (κ2) is 10.1. The van der Waals surface area contributed by atoms with E-state index in [-0.39, 0.29) is 6.10 Å². The van der Waals surface area contributed by atoms with Crippen LogP contribution < -0.4 is 20.3 Å². The van der Waals surface area contributed by atoms with Gasteiger partial charge in [-0.25, -0.2) is 4.98 Å². The average Bonchev–Trinajstić information content (AvgIpc) is 3.12. The maximum atomic E-state index is 12.6. The van der Waals surface area contributed by atoms with Crippen LogP contribution in [0.5, 0.6) is 11.5 Å². The van der Waals surface area contributed by atoms with Crippen LogP contribution in [0.15, 0.2) is 48.5 Å². The van der Waals surface area contributed by atoms with Crippen LogP contribution in [0, 0.1) is 6.92 Å². The summed E-state index contributed by atoms with van der Waals surface area (Å²) in [5, 5.41) is 0.839. The number of ether oxygens (including phenoxy) is 2. The average molecular weight is 440 g/mol. The molecule has 2 N–H and O–H groups in total. The summed E-state index contributed by atoms with van der Waals surface area (Å²) in [4.78, 5) is 30.0. The molecule has 3 aromatic rings. The number of amides is 2. The number of thiazole rings is 1. The molecule has 0 aliphatic heterocycles. The van der Waals surface area contributed by atoms with Gasteiger partial charge in [-0.05, 0) is 44.5 Å². The minimum absolute atomic E-state index is 0.0257. The molecule has 2 amide bonds. The first-order chi connectivity index (χ1) is 14.9. The van der Waals surface area contributed by atoms with Crippen molar-refractivity contribution in [2.45, 2.75) is 33.3 Å². The molecule has 0 spiro atoms. The van der Waals surface area contributed by atoms with Crippen LogP contribution in [-0.4, -0.2) is 30.0 Å². The predicted molar refractivity (Wildman–Crippen MR) is 120 cm³/mol. The Morgan fingerprint density at radius 2 is 1.74 bits per heavy atom. The van der Waals surface area contributed by atoms with Crippen molar-refractivity contribution in [1.29, 1.82) is 0 Å². The largest absolute Gasteiger partial charge is 0.493 e. The predicted octanol–water partition coefficient (Wildman–Crippen LogP) is 3.91. The summed E-state index contributed by atoms with van der Waals surface area (Å²) in [6.07, 6.45) is 0.624. The van der Waals surface area contributed by atoms with Crippen LogP contribution in [0.25, 0.3) is 0 Å². The highest BCUT2D eigenvalue weighted by molar-refractivity contribution is 7.13. The Hall–Kier alpha value is -3.39. The summed E-state index contributed by atoms with van der Waals surface area (Å²) in [6.45, 7) is 5.59. The smallest absolute Gasteiger partial charge is 0.281 e. The van der Waals surface area contributed by atoms with Gasteiger partial charge in [-0.2, -0.15) is 0 Å². The number of benzene rings is 2. The monoisotopic (exact) mass is 439 g/mol. The van der Waals surface area contributed by atoms with Crippen LogP contribution in [0.4, 0.5) is 0 Å². The maximum Gasteiger partial charge on any atom is 0.281 e. The third kappa shape index (κ3) is 5.82. The molecule has 1 heterocycles. The number of hydrazine groups is 1. The van der Waals surface area contributed by atoms with Crippen molar-refractivity contribution in [1.82, 2.24) is 15.8 Å². The fraction of sp³-hybridized carbons (Fsp3) is 0.261. The highest BCUT2D eigenvalue weighted by atomic mass is 32.1. The van der Waals surface area contributed by atoms with Gasteiger partial charge in [0.1, 0.15) is 4.88 Å². The zero-order chi connectivity index (χ0) is 22.4. The van der Waals surface area contributed by atoms with Crippen molar-refractivity contribution in [3.63, 3.8) is 0 Å². The zero-order valence-electron chi connectivity index (χ0n) is 17.9. The van der Waals surface area contributed by atoms with Crippen molar-refractivity contribution in [2.75, 3.05) is 7.11 Å². The van der Waals surface area contributed by atoms with Crippen LogP contribution >= 0.6 is 11.3 Å². The molecule has 3 rings (SSSR count). The molecule has 31 heavy (non-hydrogen) atoms. The second-order valence-corrected chi connectivity index (χ2v) is 8.21. The maximum absolute atomic E-state index is 12.6.